The van der Waals surface area contributed by atoms with E-state index in [-0.39, 0.29) is 18.4 Å². The van der Waals surface area contributed by atoms with E-state index in [1.54, 1.807) is 0 Å². The molecule has 0 heterocycles. The van der Waals surface area contributed by atoms with Gasteiger partial charge in [0.25, 0.3) is 0 Å². The molecule has 1 amide bonds. The molecule has 2 aromatic carbocycles. The van der Waals surface area contributed by atoms with Gasteiger partial charge in [-0.3, -0.25) is 4.79 Å². The van der Waals surface area contributed by atoms with Crippen molar-refractivity contribution in [1.82, 2.24) is 0 Å². The first-order valence-electron chi connectivity index (χ1n) is 7.59. The van der Waals surface area contributed by atoms with Crippen LogP contribution in [0.3, 0.4) is 0 Å². The standard InChI is InChI=1S/C18H20BrNO3S/c1-13(10-21)11-24-12-18(22)20-15-4-8-17(9-5-15)23-16-6-2-14(19)3-7-16/h2-9,13,21H,10-12H2,1H3,(H,20,22). The zero-order chi connectivity index (χ0) is 17.4. The van der Waals surface area contributed by atoms with Gasteiger partial charge in [-0.25, -0.2) is 0 Å². The third-order valence-electron chi connectivity index (χ3n) is 3.13. The highest BCUT2D eigenvalue weighted by atomic mass is 79.9. The lowest BCUT2D eigenvalue weighted by Gasteiger charge is -2.09. The minimum absolute atomic E-state index is 0.0493. The van der Waals surface area contributed by atoms with E-state index < -0.39 is 0 Å². The number of aliphatic hydroxyl groups excluding tert-OH is 1. The minimum Gasteiger partial charge on any atom is -0.457 e. The Balaban J connectivity index is 1.81. The van der Waals surface area contributed by atoms with Gasteiger partial charge in [0.1, 0.15) is 11.5 Å². The number of hydrogen-bond acceptors (Lipinski definition) is 4. The Labute approximate surface area is 154 Å². The van der Waals surface area contributed by atoms with Crippen molar-refractivity contribution in [3.05, 3.63) is 53.0 Å². The van der Waals surface area contributed by atoms with E-state index >= 15 is 0 Å². The Morgan fingerprint density at radius 3 is 2.33 bits per heavy atom. The van der Waals surface area contributed by atoms with Crippen LogP contribution in [0.4, 0.5) is 5.69 Å². The lowest BCUT2D eigenvalue weighted by molar-refractivity contribution is -0.113. The van der Waals surface area contributed by atoms with Crippen molar-refractivity contribution in [2.75, 3.05) is 23.4 Å². The number of ether oxygens (including phenoxy) is 1. The predicted octanol–water partition coefficient (Wildman–Crippen LogP) is 4.54. The van der Waals surface area contributed by atoms with Crippen LogP contribution in [0.2, 0.25) is 0 Å². The van der Waals surface area contributed by atoms with Crippen LogP contribution in [0.25, 0.3) is 0 Å². The first-order chi connectivity index (χ1) is 11.6. The van der Waals surface area contributed by atoms with Crippen LogP contribution in [0.15, 0.2) is 53.0 Å². The number of anilines is 1. The van der Waals surface area contributed by atoms with Crippen LogP contribution >= 0.6 is 27.7 Å². The topological polar surface area (TPSA) is 58.6 Å². The van der Waals surface area contributed by atoms with Gasteiger partial charge in [0.2, 0.25) is 5.91 Å². The number of carbonyl (C=O) groups is 1. The quantitative estimate of drug-likeness (QED) is 0.671. The molecule has 0 aliphatic rings. The maximum Gasteiger partial charge on any atom is 0.234 e. The molecule has 0 aliphatic carbocycles. The van der Waals surface area contributed by atoms with E-state index in [2.05, 4.69) is 21.2 Å². The first-order valence-corrected chi connectivity index (χ1v) is 9.53. The number of amides is 1. The zero-order valence-electron chi connectivity index (χ0n) is 13.4. The van der Waals surface area contributed by atoms with Crippen molar-refractivity contribution in [2.24, 2.45) is 5.92 Å². The van der Waals surface area contributed by atoms with Gasteiger partial charge in [-0.05, 0) is 60.2 Å². The summed E-state index contributed by atoms with van der Waals surface area (Å²) in [5.74, 6) is 2.76. The van der Waals surface area contributed by atoms with Gasteiger partial charge >= 0.3 is 0 Å². The molecule has 1 unspecified atom stereocenters. The van der Waals surface area contributed by atoms with Gasteiger partial charge in [-0.15, -0.1) is 0 Å². The van der Waals surface area contributed by atoms with Crippen LogP contribution in [0.5, 0.6) is 11.5 Å². The summed E-state index contributed by atoms with van der Waals surface area (Å²) in [5, 5.41) is 11.8. The van der Waals surface area contributed by atoms with Gasteiger partial charge < -0.3 is 15.2 Å². The molecule has 128 valence electrons. The number of hydrogen-bond donors (Lipinski definition) is 2. The van der Waals surface area contributed by atoms with Crippen molar-refractivity contribution in [3.8, 4) is 11.5 Å². The van der Waals surface area contributed by atoms with E-state index in [9.17, 15) is 4.79 Å². The normalized spacial score (nSPS) is 11.8. The molecule has 2 N–H and O–H groups in total. The number of nitrogens with one attached hydrogen (secondary N) is 1. The molecule has 2 aromatic rings. The minimum atomic E-state index is -0.0493. The van der Waals surface area contributed by atoms with E-state index in [0.29, 0.717) is 11.5 Å². The third kappa shape index (κ3) is 6.55. The summed E-state index contributed by atoms with van der Waals surface area (Å²) in [5.41, 5.74) is 0.735. The molecule has 0 saturated carbocycles. The SMILES string of the molecule is CC(CO)CSCC(=O)Nc1ccc(Oc2ccc(Br)cc2)cc1. The smallest absolute Gasteiger partial charge is 0.234 e. The highest BCUT2D eigenvalue weighted by Crippen LogP contribution is 2.24. The second kappa shape index (κ2) is 9.71. The molecular formula is C18H20BrNO3S. The molecule has 24 heavy (non-hydrogen) atoms. The van der Waals surface area contributed by atoms with Crippen molar-refractivity contribution in [1.29, 1.82) is 0 Å². The number of rotatable bonds is 8. The molecule has 0 spiro atoms. The Morgan fingerprint density at radius 2 is 1.75 bits per heavy atom. The summed E-state index contributed by atoms with van der Waals surface area (Å²) in [6.45, 7) is 2.10. The molecule has 0 aliphatic heterocycles. The number of thioether (sulfide) groups is 1. The van der Waals surface area contributed by atoms with Crippen LogP contribution < -0.4 is 10.1 Å². The Kier molecular flexibility index (Phi) is 7.62. The van der Waals surface area contributed by atoms with Crippen LogP contribution in [-0.2, 0) is 4.79 Å². The Morgan fingerprint density at radius 1 is 1.17 bits per heavy atom. The first kappa shape index (κ1) is 18.8. The average molecular weight is 410 g/mol. The van der Waals surface area contributed by atoms with Crippen LogP contribution in [-0.4, -0.2) is 29.1 Å². The largest absolute Gasteiger partial charge is 0.457 e. The second-order valence-corrected chi connectivity index (χ2v) is 7.38. The highest BCUT2D eigenvalue weighted by molar-refractivity contribution is 9.10. The Hall–Kier alpha value is -1.50. The molecular weight excluding hydrogens is 390 g/mol. The fourth-order valence-corrected chi connectivity index (χ4v) is 3.00. The van der Waals surface area contributed by atoms with Crippen LogP contribution in [0, 0.1) is 5.92 Å². The summed E-state index contributed by atoms with van der Waals surface area (Å²) in [6.07, 6.45) is 0. The molecule has 4 nitrogen and oxygen atoms in total. The molecule has 2 rings (SSSR count). The average Bonchev–Trinajstić information content (AvgIpc) is 2.58. The molecule has 0 saturated heterocycles. The van der Waals surface area contributed by atoms with Crippen LogP contribution in [0.1, 0.15) is 6.92 Å². The van der Waals surface area contributed by atoms with Gasteiger partial charge in [0.15, 0.2) is 0 Å². The van der Waals surface area contributed by atoms with E-state index in [1.807, 2.05) is 55.5 Å². The molecule has 0 radical (unpaired) electrons. The molecule has 0 fully saturated rings. The lowest BCUT2D eigenvalue weighted by Crippen LogP contribution is -2.15. The fourth-order valence-electron chi connectivity index (χ4n) is 1.85. The fraction of sp³-hybridized carbons (Fsp3) is 0.278. The van der Waals surface area contributed by atoms with Gasteiger partial charge in [0.05, 0.1) is 5.75 Å². The summed E-state index contributed by atoms with van der Waals surface area (Å²) in [7, 11) is 0. The monoisotopic (exact) mass is 409 g/mol. The number of halogens is 1. The number of benzene rings is 2. The second-order valence-electron chi connectivity index (χ2n) is 5.43. The van der Waals surface area contributed by atoms with Gasteiger partial charge in [0, 0.05) is 16.8 Å². The Bertz CT molecular complexity index is 646. The summed E-state index contributed by atoms with van der Waals surface area (Å²) in [4.78, 5) is 11.9. The zero-order valence-corrected chi connectivity index (χ0v) is 15.8. The summed E-state index contributed by atoms with van der Waals surface area (Å²) in [6, 6.07) is 14.9. The lowest BCUT2D eigenvalue weighted by atomic mass is 10.2. The predicted molar refractivity (Wildman–Crippen MR) is 103 cm³/mol. The molecule has 1 atom stereocenters. The van der Waals surface area contributed by atoms with Crippen molar-refractivity contribution >= 4 is 39.3 Å². The van der Waals surface area contributed by atoms with E-state index in [4.69, 9.17) is 9.84 Å². The maximum atomic E-state index is 11.9. The maximum absolute atomic E-state index is 11.9. The van der Waals surface area contributed by atoms with Gasteiger partial charge in [-0.1, -0.05) is 22.9 Å². The van der Waals surface area contributed by atoms with Gasteiger partial charge in [-0.2, -0.15) is 11.8 Å². The van der Waals surface area contributed by atoms with Crippen molar-refractivity contribution < 1.29 is 14.6 Å². The van der Waals surface area contributed by atoms with E-state index in [0.717, 1.165) is 21.7 Å². The third-order valence-corrected chi connectivity index (χ3v) is 4.93. The molecule has 0 bridgehead atoms. The number of carbonyl (C=O) groups excluding carboxylic acids is 1. The summed E-state index contributed by atoms with van der Waals surface area (Å²) >= 11 is 4.90. The number of aliphatic hydroxyl groups is 1. The summed E-state index contributed by atoms with van der Waals surface area (Å²) < 4.78 is 6.73. The molecule has 6 heteroatoms. The molecule has 0 aromatic heterocycles. The van der Waals surface area contributed by atoms with E-state index in [1.165, 1.54) is 11.8 Å². The van der Waals surface area contributed by atoms with Crippen molar-refractivity contribution in [3.63, 3.8) is 0 Å². The van der Waals surface area contributed by atoms with Crippen molar-refractivity contribution in [2.45, 2.75) is 6.92 Å². The highest BCUT2D eigenvalue weighted by Gasteiger charge is 2.06.